The minimum absolute atomic E-state index is 0.455. The largest absolute Gasteiger partial charge is 0.311 e. The molecule has 130 valence electrons. The highest BCUT2D eigenvalue weighted by Crippen LogP contribution is 2.24. The Kier molecular flexibility index (Phi) is 6.05. The molecule has 24 heavy (non-hydrogen) atoms. The molecule has 1 aliphatic rings. The van der Waals surface area contributed by atoms with Crippen molar-refractivity contribution < 1.29 is 0 Å². The molecule has 0 spiro atoms. The second-order valence-electron chi connectivity index (χ2n) is 6.92. The van der Waals surface area contributed by atoms with Gasteiger partial charge in [-0.15, -0.1) is 0 Å². The lowest BCUT2D eigenvalue weighted by Crippen LogP contribution is -2.36. The summed E-state index contributed by atoms with van der Waals surface area (Å²) < 4.78 is 0. The van der Waals surface area contributed by atoms with Crippen molar-refractivity contribution in [1.29, 1.82) is 0 Å². The highest BCUT2D eigenvalue weighted by molar-refractivity contribution is 5.23. The van der Waals surface area contributed by atoms with Gasteiger partial charge in [-0.1, -0.05) is 43.2 Å². The van der Waals surface area contributed by atoms with Gasteiger partial charge in [0.2, 0.25) is 0 Å². The van der Waals surface area contributed by atoms with Crippen molar-refractivity contribution in [3.63, 3.8) is 0 Å². The molecule has 2 N–H and O–H groups in total. The van der Waals surface area contributed by atoms with Crippen LogP contribution in [0.3, 0.4) is 0 Å². The lowest BCUT2D eigenvalue weighted by atomic mass is 10.0. The lowest BCUT2D eigenvalue weighted by Gasteiger charge is -2.31. The lowest BCUT2D eigenvalue weighted by molar-refractivity contribution is 0.199. The van der Waals surface area contributed by atoms with Gasteiger partial charge in [-0.05, 0) is 45.3 Å². The van der Waals surface area contributed by atoms with E-state index in [-0.39, 0.29) is 0 Å². The average molecular weight is 326 g/mol. The molecule has 1 aromatic carbocycles. The zero-order valence-electron chi connectivity index (χ0n) is 15.0. The molecule has 0 amide bonds. The molecule has 0 bridgehead atoms. The molecule has 3 rings (SSSR count). The van der Waals surface area contributed by atoms with Gasteiger partial charge in [-0.3, -0.25) is 10.00 Å². The van der Waals surface area contributed by atoms with E-state index in [4.69, 9.17) is 0 Å². The standard InChI is InChI=1S/C20H30N4/c1-16-19(17(2)23-22-16)14-21-15-20(18-10-6-5-7-11-18)24-12-8-3-4-9-13-24/h5-7,10-11,20-21H,3-4,8-9,12-15H2,1-2H3,(H,22,23). The number of aromatic nitrogens is 2. The number of likely N-dealkylation sites (tertiary alicyclic amines) is 1. The van der Waals surface area contributed by atoms with Crippen molar-refractivity contribution >= 4 is 0 Å². The number of hydrogen-bond acceptors (Lipinski definition) is 3. The van der Waals surface area contributed by atoms with Crippen LogP contribution >= 0.6 is 0 Å². The molecule has 1 aliphatic heterocycles. The Labute approximate surface area is 145 Å². The molecule has 0 radical (unpaired) electrons. The summed E-state index contributed by atoms with van der Waals surface area (Å²) in [4.78, 5) is 2.67. The average Bonchev–Trinajstić information content (AvgIpc) is 2.82. The van der Waals surface area contributed by atoms with Gasteiger partial charge < -0.3 is 5.32 Å². The summed E-state index contributed by atoms with van der Waals surface area (Å²) in [6.45, 7) is 8.46. The SMILES string of the molecule is Cc1n[nH]c(C)c1CNCC(c1ccccc1)N1CCCCCC1. The maximum absolute atomic E-state index is 4.30. The third-order valence-electron chi connectivity index (χ3n) is 5.19. The third-order valence-corrected chi connectivity index (χ3v) is 5.19. The number of H-pyrrole nitrogens is 1. The van der Waals surface area contributed by atoms with Crippen molar-refractivity contribution in [1.82, 2.24) is 20.4 Å². The number of aryl methyl sites for hydroxylation is 2. The fourth-order valence-electron chi connectivity index (χ4n) is 3.71. The number of benzene rings is 1. The van der Waals surface area contributed by atoms with Crippen molar-refractivity contribution in [2.75, 3.05) is 19.6 Å². The van der Waals surface area contributed by atoms with Crippen LogP contribution in [-0.4, -0.2) is 34.7 Å². The van der Waals surface area contributed by atoms with Gasteiger partial charge in [0.05, 0.1) is 5.69 Å². The third kappa shape index (κ3) is 4.25. The van der Waals surface area contributed by atoms with E-state index in [1.54, 1.807) is 0 Å². The molecule has 0 saturated carbocycles. The Morgan fingerprint density at radius 2 is 1.79 bits per heavy atom. The predicted molar refractivity (Wildman–Crippen MR) is 99.0 cm³/mol. The zero-order chi connectivity index (χ0) is 16.8. The topological polar surface area (TPSA) is 44.0 Å². The Morgan fingerprint density at radius 3 is 2.42 bits per heavy atom. The molecule has 2 heterocycles. The number of rotatable bonds is 6. The fraction of sp³-hybridized carbons (Fsp3) is 0.550. The zero-order valence-corrected chi connectivity index (χ0v) is 15.0. The second-order valence-corrected chi connectivity index (χ2v) is 6.92. The summed E-state index contributed by atoms with van der Waals surface area (Å²) in [6.07, 6.45) is 5.39. The summed E-state index contributed by atoms with van der Waals surface area (Å²) in [7, 11) is 0. The monoisotopic (exact) mass is 326 g/mol. The summed E-state index contributed by atoms with van der Waals surface area (Å²) >= 11 is 0. The van der Waals surface area contributed by atoms with Crippen LogP contribution in [0.5, 0.6) is 0 Å². The molecular weight excluding hydrogens is 296 g/mol. The number of aromatic amines is 1. The van der Waals surface area contributed by atoms with Gasteiger partial charge in [-0.2, -0.15) is 5.10 Å². The van der Waals surface area contributed by atoms with Crippen LogP contribution in [0.15, 0.2) is 30.3 Å². The van der Waals surface area contributed by atoms with Crippen LogP contribution in [0, 0.1) is 13.8 Å². The Morgan fingerprint density at radius 1 is 1.08 bits per heavy atom. The smallest absolute Gasteiger partial charge is 0.0638 e. The minimum atomic E-state index is 0.455. The van der Waals surface area contributed by atoms with Gasteiger partial charge in [0.15, 0.2) is 0 Å². The first-order valence-electron chi connectivity index (χ1n) is 9.26. The molecule has 0 aliphatic carbocycles. The Bertz CT molecular complexity index is 592. The van der Waals surface area contributed by atoms with E-state index in [0.29, 0.717) is 6.04 Å². The van der Waals surface area contributed by atoms with Crippen LogP contribution in [-0.2, 0) is 6.54 Å². The van der Waals surface area contributed by atoms with Gasteiger partial charge in [0.1, 0.15) is 0 Å². The first kappa shape index (κ1) is 17.2. The normalized spacial score (nSPS) is 17.6. The van der Waals surface area contributed by atoms with Gasteiger partial charge >= 0.3 is 0 Å². The molecule has 1 fully saturated rings. The van der Waals surface area contributed by atoms with Crippen LogP contribution in [0.2, 0.25) is 0 Å². The summed E-state index contributed by atoms with van der Waals surface area (Å²) in [5.41, 5.74) is 5.00. The molecule has 1 saturated heterocycles. The quantitative estimate of drug-likeness (QED) is 0.850. The second kappa shape index (κ2) is 8.45. The predicted octanol–water partition coefficient (Wildman–Crippen LogP) is 3.73. The van der Waals surface area contributed by atoms with E-state index in [2.05, 4.69) is 64.6 Å². The molecule has 4 nitrogen and oxygen atoms in total. The maximum atomic E-state index is 4.30. The Hall–Kier alpha value is -1.65. The van der Waals surface area contributed by atoms with E-state index in [0.717, 1.165) is 18.8 Å². The Balaban J connectivity index is 1.68. The summed E-state index contributed by atoms with van der Waals surface area (Å²) in [6, 6.07) is 11.4. The summed E-state index contributed by atoms with van der Waals surface area (Å²) in [5, 5.41) is 11.1. The van der Waals surface area contributed by atoms with E-state index < -0.39 is 0 Å². The highest BCUT2D eigenvalue weighted by atomic mass is 15.2. The maximum Gasteiger partial charge on any atom is 0.0638 e. The van der Waals surface area contributed by atoms with Crippen molar-refractivity contribution in [3.05, 3.63) is 52.8 Å². The van der Waals surface area contributed by atoms with E-state index in [9.17, 15) is 0 Å². The van der Waals surface area contributed by atoms with Crippen LogP contribution in [0.1, 0.15) is 54.2 Å². The van der Waals surface area contributed by atoms with Gasteiger partial charge in [-0.25, -0.2) is 0 Å². The van der Waals surface area contributed by atoms with Crippen molar-refractivity contribution in [2.45, 2.75) is 52.1 Å². The van der Waals surface area contributed by atoms with E-state index in [1.165, 1.54) is 55.6 Å². The molecule has 4 heteroatoms. The number of nitrogens with one attached hydrogen (secondary N) is 2. The van der Waals surface area contributed by atoms with E-state index in [1.807, 2.05) is 0 Å². The first-order chi connectivity index (χ1) is 11.8. The van der Waals surface area contributed by atoms with Gasteiger partial charge in [0, 0.05) is 30.4 Å². The van der Waals surface area contributed by atoms with Crippen LogP contribution in [0.25, 0.3) is 0 Å². The molecule has 1 aromatic heterocycles. The molecule has 2 aromatic rings. The summed E-state index contributed by atoms with van der Waals surface area (Å²) in [5.74, 6) is 0. The highest BCUT2D eigenvalue weighted by Gasteiger charge is 2.21. The number of hydrogen-bond donors (Lipinski definition) is 2. The number of nitrogens with zero attached hydrogens (tertiary/aromatic N) is 2. The van der Waals surface area contributed by atoms with Crippen LogP contribution < -0.4 is 5.32 Å². The minimum Gasteiger partial charge on any atom is -0.311 e. The van der Waals surface area contributed by atoms with Crippen molar-refractivity contribution in [3.8, 4) is 0 Å². The molecule has 1 unspecified atom stereocenters. The molecule has 1 atom stereocenters. The molecular formula is C20H30N4. The van der Waals surface area contributed by atoms with Crippen LogP contribution in [0.4, 0.5) is 0 Å². The van der Waals surface area contributed by atoms with Crippen molar-refractivity contribution in [2.24, 2.45) is 0 Å². The van der Waals surface area contributed by atoms with Gasteiger partial charge in [0.25, 0.3) is 0 Å². The van der Waals surface area contributed by atoms with E-state index >= 15 is 0 Å². The first-order valence-corrected chi connectivity index (χ1v) is 9.26. The fourth-order valence-corrected chi connectivity index (χ4v) is 3.71.